The Hall–Kier alpha value is -0.940. The number of nitrogens with two attached hydrogens (primary N) is 1. The molecule has 1 fully saturated rings. The fraction of sp³-hybridized carbons (Fsp3) is 0.455. The van der Waals surface area contributed by atoms with Gasteiger partial charge in [-0.15, -0.1) is 13.2 Å². The van der Waals surface area contributed by atoms with Crippen molar-refractivity contribution in [3.05, 3.63) is 28.8 Å². The molecule has 94 valence electrons. The number of benzene rings is 1. The standard InChI is InChI=1S/C11H11ClF3NO/c12-8-5-7(10(16)6-1-2-6)3-4-9(8)17-11(13,14)15/h3-6,10H,1-2,16H2. The van der Waals surface area contributed by atoms with Crippen LogP contribution in [0.15, 0.2) is 18.2 Å². The predicted octanol–water partition coefficient (Wildman–Crippen LogP) is 3.65. The minimum absolute atomic E-state index is 0.0732. The van der Waals surface area contributed by atoms with E-state index in [1.807, 2.05) is 0 Å². The fourth-order valence-corrected chi connectivity index (χ4v) is 1.89. The lowest BCUT2D eigenvalue weighted by molar-refractivity contribution is -0.274. The molecule has 1 aromatic rings. The van der Waals surface area contributed by atoms with Gasteiger partial charge in [-0.25, -0.2) is 0 Å². The second kappa shape index (κ2) is 4.38. The maximum absolute atomic E-state index is 12.0. The first kappa shape index (κ1) is 12.5. The lowest BCUT2D eigenvalue weighted by atomic mass is 10.0. The van der Waals surface area contributed by atoms with Crippen molar-refractivity contribution in [1.29, 1.82) is 0 Å². The molecule has 0 heterocycles. The number of ether oxygens (including phenoxy) is 1. The number of halogens is 4. The minimum Gasteiger partial charge on any atom is -0.404 e. The summed E-state index contributed by atoms with van der Waals surface area (Å²) in [6.07, 6.45) is -2.62. The van der Waals surface area contributed by atoms with Crippen molar-refractivity contribution in [2.45, 2.75) is 25.2 Å². The molecule has 1 aromatic carbocycles. The quantitative estimate of drug-likeness (QED) is 0.905. The summed E-state index contributed by atoms with van der Waals surface area (Å²) in [6.45, 7) is 0. The summed E-state index contributed by atoms with van der Waals surface area (Å²) in [5.74, 6) is 0.0198. The van der Waals surface area contributed by atoms with Crippen molar-refractivity contribution < 1.29 is 17.9 Å². The number of alkyl halides is 3. The van der Waals surface area contributed by atoms with Crippen LogP contribution in [0.5, 0.6) is 5.75 Å². The van der Waals surface area contributed by atoms with Crippen molar-refractivity contribution in [3.63, 3.8) is 0 Å². The highest BCUT2D eigenvalue weighted by Crippen LogP contribution is 2.41. The lowest BCUT2D eigenvalue weighted by Gasteiger charge is -2.14. The normalized spacial score (nSPS) is 17.9. The van der Waals surface area contributed by atoms with Gasteiger partial charge in [0.2, 0.25) is 0 Å². The van der Waals surface area contributed by atoms with Gasteiger partial charge in [0.05, 0.1) is 5.02 Å². The van der Waals surface area contributed by atoms with Gasteiger partial charge >= 0.3 is 6.36 Å². The van der Waals surface area contributed by atoms with E-state index in [1.165, 1.54) is 18.2 Å². The molecule has 6 heteroatoms. The van der Waals surface area contributed by atoms with Crippen LogP contribution in [0.2, 0.25) is 5.02 Å². The molecule has 0 aliphatic heterocycles. The zero-order chi connectivity index (χ0) is 12.6. The van der Waals surface area contributed by atoms with Gasteiger partial charge < -0.3 is 10.5 Å². The maximum atomic E-state index is 12.0. The van der Waals surface area contributed by atoms with Crippen LogP contribution in [0.3, 0.4) is 0 Å². The summed E-state index contributed by atoms with van der Waals surface area (Å²) in [5, 5.41) is -0.0732. The van der Waals surface area contributed by atoms with E-state index in [-0.39, 0.29) is 11.1 Å². The summed E-state index contributed by atoms with van der Waals surface area (Å²) in [7, 11) is 0. The minimum atomic E-state index is -4.73. The van der Waals surface area contributed by atoms with Gasteiger partial charge in [-0.1, -0.05) is 17.7 Å². The molecule has 2 N–H and O–H groups in total. The van der Waals surface area contributed by atoms with E-state index >= 15 is 0 Å². The van der Waals surface area contributed by atoms with Gasteiger partial charge in [-0.2, -0.15) is 0 Å². The van der Waals surface area contributed by atoms with E-state index in [0.717, 1.165) is 18.4 Å². The van der Waals surface area contributed by atoms with Gasteiger partial charge in [-0.3, -0.25) is 0 Å². The molecule has 1 aliphatic rings. The molecule has 0 bridgehead atoms. The predicted molar refractivity (Wildman–Crippen MR) is 57.8 cm³/mol. The molecule has 17 heavy (non-hydrogen) atoms. The zero-order valence-electron chi connectivity index (χ0n) is 8.80. The van der Waals surface area contributed by atoms with Crippen LogP contribution in [0.1, 0.15) is 24.4 Å². The van der Waals surface area contributed by atoms with E-state index < -0.39 is 12.1 Å². The van der Waals surface area contributed by atoms with Crippen LogP contribution >= 0.6 is 11.6 Å². The van der Waals surface area contributed by atoms with Gasteiger partial charge in [-0.05, 0) is 36.5 Å². The van der Waals surface area contributed by atoms with Crippen molar-refractivity contribution in [2.75, 3.05) is 0 Å². The molecule has 2 nitrogen and oxygen atoms in total. The summed E-state index contributed by atoms with van der Waals surface area (Å²) in [5.41, 5.74) is 6.67. The van der Waals surface area contributed by atoms with Crippen LogP contribution in [0, 0.1) is 5.92 Å². The summed E-state index contributed by atoms with van der Waals surface area (Å²) in [6, 6.07) is 4.00. The average Bonchev–Trinajstić information content (AvgIpc) is 3.01. The molecular formula is C11H11ClF3NO. The van der Waals surface area contributed by atoms with Gasteiger partial charge in [0.25, 0.3) is 0 Å². The third-order valence-corrected chi connectivity index (χ3v) is 2.99. The van der Waals surface area contributed by atoms with E-state index in [4.69, 9.17) is 17.3 Å². The van der Waals surface area contributed by atoms with E-state index in [2.05, 4.69) is 4.74 Å². The topological polar surface area (TPSA) is 35.2 Å². The van der Waals surface area contributed by atoms with Crippen molar-refractivity contribution >= 4 is 11.6 Å². The fourth-order valence-electron chi connectivity index (χ4n) is 1.66. The van der Waals surface area contributed by atoms with E-state index in [9.17, 15) is 13.2 Å². The highest BCUT2D eigenvalue weighted by atomic mass is 35.5. The van der Waals surface area contributed by atoms with Gasteiger partial charge in [0.1, 0.15) is 5.75 Å². The lowest BCUT2D eigenvalue weighted by Crippen LogP contribution is -2.18. The third kappa shape index (κ3) is 3.26. The molecule has 1 saturated carbocycles. The molecule has 1 aliphatic carbocycles. The highest BCUT2D eigenvalue weighted by Gasteiger charge is 2.33. The monoisotopic (exact) mass is 265 g/mol. The zero-order valence-corrected chi connectivity index (χ0v) is 9.55. The Labute approximate surface area is 102 Å². The molecule has 1 unspecified atom stereocenters. The van der Waals surface area contributed by atoms with Crippen LogP contribution in [0.4, 0.5) is 13.2 Å². The van der Waals surface area contributed by atoms with Crippen LogP contribution in [-0.2, 0) is 0 Å². The molecule has 0 aromatic heterocycles. The SMILES string of the molecule is NC(c1ccc(OC(F)(F)F)c(Cl)c1)C1CC1. The number of hydrogen-bond donors (Lipinski definition) is 1. The summed E-state index contributed by atoms with van der Waals surface area (Å²) >= 11 is 5.72. The van der Waals surface area contributed by atoms with Crippen LogP contribution in [-0.4, -0.2) is 6.36 Å². The van der Waals surface area contributed by atoms with Crippen molar-refractivity contribution in [1.82, 2.24) is 0 Å². The summed E-state index contributed by atoms with van der Waals surface area (Å²) in [4.78, 5) is 0. The first-order valence-corrected chi connectivity index (χ1v) is 5.55. The maximum Gasteiger partial charge on any atom is 0.573 e. The Bertz CT molecular complexity index is 418. The number of hydrogen-bond acceptors (Lipinski definition) is 2. The molecule has 1 atom stereocenters. The Morgan fingerprint density at radius 3 is 2.47 bits per heavy atom. The second-order valence-electron chi connectivity index (χ2n) is 4.10. The largest absolute Gasteiger partial charge is 0.573 e. The Balaban J connectivity index is 2.16. The molecule has 0 amide bonds. The first-order valence-electron chi connectivity index (χ1n) is 5.17. The third-order valence-electron chi connectivity index (χ3n) is 2.70. The van der Waals surface area contributed by atoms with Crippen LogP contribution in [0.25, 0.3) is 0 Å². The number of rotatable bonds is 3. The Kier molecular flexibility index (Phi) is 3.23. The van der Waals surface area contributed by atoms with E-state index in [1.54, 1.807) is 0 Å². The molecule has 0 saturated heterocycles. The summed E-state index contributed by atoms with van der Waals surface area (Å²) < 4.78 is 39.8. The van der Waals surface area contributed by atoms with E-state index in [0.29, 0.717) is 5.92 Å². The molecule has 2 rings (SSSR count). The molecule has 0 radical (unpaired) electrons. The smallest absolute Gasteiger partial charge is 0.404 e. The Morgan fingerprint density at radius 2 is 2.00 bits per heavy atom. The van der Waals surface area contributed by atoms with Gasteiger partial charge in [0, 0.05) is 6.04 Å². The van der Waals surface area contributed by atoms with Crippen molar-refractivity contribution in [3.8, 4) is 5.75 Å². The van der Waals surface area contributed by atoms with Crippen LogP contribution < -0.4 is 10.5 Å². The second-order valence-corrected chi connectivity index (χ2v) is 4.51. The van der Waals surface area contributed by atoms with Crippen molar-refractivity contribution in [2.24, 2.45) is 11.7 Å². The highest BCUT2D eigenvalue weighted by molar-refractivity contribution is 6.32. The Morgan fingerprint density at radius 1 is 1.35 bits per heavy atom. The molecular weight excluding hydrogens is 255 g/mol. The molecule has 0 spiro atoms. The first-order chi connectivity index (χ1) is 7.87. The van der Waals surface area contributed by atoms with Gasteiger partial charge in [0.15, 0.2) is 0 Å². The average molecular weight is 266 g/mol.